The molecule has 3 aliphatic heterocycles. The first-order valence-corrected chi connectivity index (χ1v) is 15.7. The summed E-state index contributed by atoms with van der Waals surface area (Å²) in [6.45, 7) is 3.98. The SMILES string of the molecule is CCN1C(=O)C(NC(=O)c2cccc(C(F)(F)F)c2)C(c2ccc(F)cc2)c2c(C(=O)N3CCCC3)nn(C3CCOCC3)c21.NC=O. The van der Waals surface area contributed by atoms with Gasteiger partial charge in [0.2, 0.25) is 6.41 Å². The summed E-state index contributed by atoms with van der Waals surface area (Å²) in [4.78, 5) is 53.7. The maximum Gasteiger partial charge on any atom is 0.416 e. The Bertz CT molecular complexity index is 1650. The topological polar surface area (TPSA) is 140 Å². The first kappa shape index (κ1) is 34.5. The molecule has 3 aromatic rings. The standard InChI is InChI=1S/C32H33F4N5O4.CH3NO/c1-2-40-29-25(27(30(43)39-14-3-4-15-39)38-41(29)23-12-16-45-17-13-23)24(19-8-10-22(33)11-9-19)26(31(40)44)37-28(42)20-6-5-7-21(18-20)32(34,35)36;2-1-3/h5-11,18,23-24,26H,2-4,12-17H2,1H3,(H,37,42);1H,(H2,2,3). The second-order valence-electron chi connectivity index (χ2n) is 11.7. The molecule has 2 atom stereocenters. The van der Waals surface area contributed by atoms with Crippen molar-refractivity contribution in [3.63, 3.8) is 0 Å². The van der Waals surface area contributed by atoms with Gasteiger partial charge in [0.15, 0.2) is 5.69 Å². The van der Waals surface area contributed by atoms with Crippen LogP contribution in [0.15, 0.2) is 48.5 Å². The maximum atomic E-state index is 14.3. The third-order valence-electron chi connectivity index (χ3n) is 8.77. The molecule has 0 spiro atoms. The Balaban J connectivity index is 0.00000145. The molecule has 15 heteroatoms. The van der Waals surface area contributed by atoms with Gasteiger partial charge in [-0.05, 0) is 68.5 Å². The summed E-state index contributed by atoms with van der Waals surface area (Å²) in [7, 11) is 0. The molecular weight excluding hydrogens is 636 g/mol. The third-order valence-corrected chi connectivity index (χ3v) is 8.77. The number of primary amides is 1. The average molecular weight is 673 g/mol. The number of carbonyl (C=O) groups is 4. The molecule has 2 unspecified atom stereocenters. The number of rotatable bonds is 6. The molecular formula is C33H36F4N6O5. The molecule has 11 nitrogen and oxygen atoms in total. The van der Waals surface area contributed by atoms with E-state index in [1.54, 1.807) is 16.5 Å². The largest absolute Gasteiger partial charge is 0.416 e. The van der Waals surface area contributed by atoms with Gasteiger partial charge in [0.25, 0.3) is 17.7 Å². The number of hydrogen-bond donors (Lipinski definition) is 2. The number of carbonyl (C=O) groups excluding carboxylic acids is 4. The molecule has 1 aromatic heterocycles. The molecule has 3 N–H and O–H groups in total. The van der Waals surface area contributed by atoms with Crippen molar-refractivity contribution in [3.8, 4) is 0 Å². The van der Waals surface area contributed by atoms with Crippen LogP contribution in [0.25, 0.3) is 0 Å². The number of hydrogen-bond acceptors (Lipinski definition) is 6. The molecule has 0 bridgehead atoms. The quantitative estimate of drug-likeness (QED) is 0.300. The van der Waals surface area contributed by atoms with E-state index >= 15 is 0 Å². The van der Waals surface area contributed by atoms with Crippen LogP contribution in [-0.4, -0.2) is 77.7 Å². The number of amides is 4. The second kappa shape index (κ2) is 14.5. The molecule has 0 aliphatic carbocycles. The lowest BCUT2D eigenvalue weighted by Crippen LogP contribution is -2.56. The summed E-state index contributed by atoms with van der Waals surface area (Å²) >= 11 is 0. The Hall–Kier alpha value is -4.79. The fourth-order valence-electron chi connectivity index (χ4n) is 6.53. The fourth-order valence-corrected chi connectivity index (χ4v) is 6.53. The number of nitrogens with two attached hydrogens (primary N) is 1. The minimum atomic E-state index is -4.68. The number of likely N-dealkylation sites (N-methyl/N-ethyl adjacent to an activating group) is 1. The van der Waals surface area contributed by atoms with Gasteiger partial charge >= 0.3 is 6.18 Å². The van der Waals surface area contributed by atoms with E-state index < -0.39 is 41.3 Å². The molecule has 256 valence electrons. The van der Waals surface area contributed by atoms with Crippen LogP contribution in [0, 0.1) is 5.82 Å². The van der Waals surface area contributed by atoms with E-state index in [1.165, 1.54) is 35.2 Å². The van der Waals surface area contributed by atoms with Gasteiger partial charge in [0, 0.05) is 49.9 Å². The van der Waals surface area contributed by atoms with Crippen LogP contribution in [0.1, 0.15) is 82.1 Å². The van der Waals surface area contributed by atoms with Gasteiger partial charge in [-0.1, -0.05) is 18.2 Å². The van der Waals surface area contributed by atoms with Crippen molar-refractivity contribution in [2.75, 3.05) is 37.7 Å². The zero-order chi connectivity index (χ0) is 34.6. The smallest absolute Gasteiger partial charge is 0.381 e. The number of nitrogens with one attached hydrogen (secondary N) is 1. The lowest BCUT2D eigenvalue weighted by molar-refractivity contribution is -0.137. The number of nitrogens with zero attached hydrogens (tertiary/aromatic N) is 4. The normalized spacial score (nSPS) is 19.7. The Morgan fingerprint density at radius 1 is 1.08 bits per heavy atom. The van der Waals surface area contributed by atoms with Crippen molar-refractivity contribution in [2.24, 2.45) is 5.73 Å². The predicted molar refractivity (Wildman–Crippen MR) is 166 cm³/mol. The number of benzene rings is 2. The number of alkyl halides is 3. The van der Waals surface area contributed by atoms with Crippen molar-refractivity contribution >= 4 is 29.9 Å². The molecule has 6 rings (SSSR count). The van der Waals surface area contributed by atoms with Crippen LogP contribution >= 0.6 is 0 Å². The van der Waals surface area contributed by atoms with Crippen molar-refractivity contribution < 1.29 is 41.5 Å². The van der Waals surface area contributed by atoms with E-state index in [0.717, 1.165) is 31.0 Å². The highest BCUT2D eigenvalue weighted by Gasteiger charge is 2.48. The molecule has 4 amide bonds. The van der Waals surface area contributed by atoms with Crippen molar-refractivity contribution in [1.82, 2.24) is 20.0 Å². The monoisotopic (exact) mass is 672 g/mol. The highest BCUT2D eigenvalue weighted by molar-refractivity contribution is 6.07. The van der Waals surface area contributed by atoms with E-state index in [9.17, 15) is 31.9 Å². The van der Waals surface area contributed by atoms with Gasteiger partial charge in [-0.2, -0.15) is 18.3 Å². The molecule has 2 saturated heterocycles. The van der Waals surface area contributed by atoms with E-state index in [4.69, 9.17) is 14.6 Å². The zero-order valence-electron chi connectivity index (χ0n) is 26.2. The Morgan fingerprint density at radius 2 is 1.73 bits per heavy atom. The Labute approximate surface area is 274 Å². The van der Waals surface area contributed by atoms with Crippen LogP contribution < -0.4 is 16.0 Å². The first-order chi connectivity index (χ1) is 23.0. The highest BCUT2D eigenvalue weighted by Crippen LogP contribution is 2.45. The summed E-state index contributed by atoms with van der Waals surface area (Å²) in [5.41, 5.74) is 3.88. The van der Waals surface area contributed by atoms with Gasteiger partial charge < -0.3 is 20.7 Å². The maximum absolute atomic E-state index is 14.3. The summed E-state index contributed by atoms with van der Waals surface area (Å²) in [5, 5.41) is 7.54. The summed E-state index contributed by atoms with van der Waals surface area (Å²) in [6.07, 6.45) is -1.54. The number of fused-ring (bicyclic) bond motifs is 1. The van der Waals surface area contributed by atoms with Crippen molar-refractivity contribution in [3.05, 3.63) is 82.3 Å². The first-order valence-electron chi connectivity index (χ1n) is 15.7. The van der Waals surface area contributed by atoms with E-state index in [0.29, 0.717) is 56.1 Å². The molecule has 2 fully saturated rings. The zero-order valence-corrected chi connectivity index (χ0v) is 26.2. The van der Waals surface area contributed by atoms with Crippen LogP contribution in [0.4, 0.5) is 23.4 Å². The Morgan fingerprint density at radius 3 is 2.33 bits per heavy atom. The fraction of sp³-hybridized carbons (Fsp3) is 0.424. The van der Waals surface area contributed by atoms with Crippen molar-refractivity contribution in [2.45, 2.75) is 56.8 Å². The molecule has 2 aromatic carbocycles. The molecule has 0 saturated carbocycles. The summed E-state index contributed by atoms with van der Waals surface area (Å²) in [6, 6.07) is 7.86. The van der Waals surface area contributed by atoms with Gasteiger partial charge in [-0.3, -0.25) is 24.1 Å². The molecule has 3 aliphatic rings. The molecule has 48 heavy (non-hydrogen) atoms. The second-order valence-corrected chi connectivity index (χ2v) is 11.7. The number of likely N-dealkylation sites (tertiary alicyclic amines) is 1. The minimum Gasteiger partial charge on any atom is -0.381 e. The summed E-state index contributed by atoms with van der Waals surface area (Å²) in [5.74, 6) is -2.80. The van der Waals surface area contributed by atoms with Gasteiger partial charge in [0.1, 0.15) is 17.7 Å². The van der Waals surface area contributed by atoms with Crippen molar-refractivity contribution in [1.29, 1.82) is 0 Å². The Kier molecular flexibility index (Phi) is 10.5. The van der Waals surface area contributed by atoms with Gasteiger partial charge in [-0.15, -0.1) is 0 Å². The van der Waals surface area contributed by atoms with Gasteiger partial charge in [-0.25, -0.2) is 9.07 Å². The number of anilines is 1. The lowest BCUT2D eigenvalue weighted by atomic mass is 9.80. The lowest BCUT2D eigenvalue weighted by Gasteiger charge is -2.39. The van der Waals surface area contributed by atoms with Crippen LogP contribution in [0.2, 0.25) is 0 Å². The van der Waals surface area contributed by atoms with E-state index in [-0.39, 0.29) is 36.2 Å². The van der Waals surface area contributed by atoms with Crippen LogP contribution in [-0.2, 0) is 20.5 Å². The van der Waals surface area contributed by atoms with E-state index in [2.05, 4.69) is 11.1 Å². The average Bonchev–Trinajstić information content (AvgIpc) is 3.75. The minimum absolute atomic E-state index is 0.136. The molecule has 4 heterocycles. The van der Waals surface area contributed by atoms with Crippen LogP contribution in [0.5, 0.6) is 0 Å². The highest BCUT2D eigenvalue weighted by atomic mass is 19.4. The summed E-state index contributed by atoms with van der Waals surface area (Å²) < 4.78 is 61.8. The van der Waals surface area contributed by atoms with E-state index in [1.807, 2.05) is 0 Å². The third kappa shape index (κ3) is 6.91. The van der Waals surface area contributed by atoms with Gasteiger partial charge in [0.05, 0.1) is 11.6 Å². The van der Waals surface area contributed by atoms with Crippen LogP contribution in [0.3, 0.4) is 0 Å². The molecule has 0 radical (unpaired) electrons. The number of halogens is 4. The predicted octanol–water partition coefficient (Wildman–Crippen LogP) is 4.03. The number of aromatic nitrogens is 2. The number of ether oxygens (including phenoxy) is 1.